The molecule has 4 amide bonds. The minimum Gasteiger partial charge on any atom is -0.349 e. The molecule has 168 valence electrons. The van der Waals surface area contributed by atoms with Gasteiger partial charge in [-0.05, 0) is 48.1 Å². The Kier molecular flexibility index (Phi) is 5.66. The molecular weight excluding hydrogens is 423 g/mol. The second-order valence-electron chi connectivity index (χ2n) is 8.16. The van der Waals surface area contributed by atoms with Crippen LogP contribution in [0, 0.1) is 5.92 Å². The van der Waals surface area contributed by atoms with E-state index in [0.717, 1.165) is 37.8 Å². The van der Waals surface area contributed by atoms with Crippen molar-refractivity contribution in [1.82, 2.24) is 16.0 Å². The van der Waals surface area contributed by atoms with Gasteiger partial charge in [0.05, 0.1) is 12.1 Å². The van der Waals surface area contributed by atoms with Crippen molar-refractivity contribution in [1.29, 1.82) is 0 Å². The molecule has 1 heterocycles. The van der Waals surface area contributed by atoms with Crippen molar-refractivity contribution in [3.63, 3.8) is 0 Å². The smallest absolute Gasteiger partial charge is 0.349 e. The highest BCUT2D eigenvalue weighted by molar-refractivity contribution is 6.08. The van der Waals surface area contributed by atoms with E-state index in [1.54, 1.807) is 24.3 Å². The minimum absolute atomic E-state index is 0.0740. The second-order valence-corrected chi connectivity index (χ2v) is 8.16. The van der Waals surface area contributed by atoms with Crippen LogP contribution in [0.15, 0.2) is 48.5 Å². The number of alkyl halides is 3. The first-order valence-electron chi connectivity index (χ1n) is 10.4. The molecule has 1 aliphatic carbocycles. The van der Waals surface area contributed by atoms with Gasteiger partial charge in [-0.1, -0.05) is 43.2 Å². The van der Waals surface area contributed by atoms with Crippen LogP contribution in [-0.2, 0) is 11.0 Å². The minimum atomic E-state index is -4.45. The molecule has 2 aromatic rings. The first kappa shape index (κ1) is 21.9. The number of hydrogen-bond donors (Lipinski definition) is 3. The largest absolute Gasteiger partial charge is 0.416 e. The highest BCUT2D eigenvalue weighted by Crippen LogP contribution is 2.36. The van der Waals surface area contributed by atoms with Crippen LogP contribution in [0.1, 0.15) is 41.6 Å². The predicted molar refractivity (Wildman–Crippen MR) is 111 cm³/mol. The van der Waals surface area contributed by atoms with E-state index in [2.05, 4.69) is 16.0 Å². The average molecular weight is 445 g/mol. The lowest BCUT2D eigenvalue weighted by Crippen LogP contribution is -2.59. The molecule has 3 N–H and O–H groups in total. The number of carbonyl (C=O) groups excluding carboxylic acids is 3. The number of carbonyl (C=O) groups is 3. The summed E-state index contributed by atoms with van der Waals surface area (Å²) in [4.78, 5) is 37.5. The molecule has 2 fully saturated rings. The molecule has 1 saturated carbocycles. The Morgan fingerprint density at radius 2 is 1.69 bits per heavy atom. The molecule has 2 aliphatic rings. The number of imide groups is 1. The van der Waals surface area contributed by atoms with Gasteiger partial charge in [0.25, 0.3) is 11.8 Å². The van der Waals surface area contributed by atoms with Crippen LogP contribution >= 0.6 is 0 Å². The Bertz CT molecular complexity index is 1050. The lowest BCUT2D eigenvalue weighted by Gasteiger charge is -2.32. The molecule has 2 aromatic carbocycles. The fourth-order valence-electron chi connectivity index (χ4n) is 4.57. The number of nitrogens with one attached hydrogen (secondary N) is 3. The zero-order chi connectivity index (χ0) is 22.9. The molecule has 1 saturated heterocycles. The van der Waals surface area contributed by atoms with Crippen LogP contribution in [0.4, 0.5) is 18.0 Å². The maximum atomic E-state index is 13.0. The fraction of sp³-hybridized carbons (Fsp3) is 0.348. The Balaban J connectivity index is 1.57. The second kappa shape index (κ2) is 8.29. The molecule has 0 unspecified atom stereocenters. The number of halogens is 3. The summed E-state index contributed by atoms with van der Waals surface area (Å²) in [6.45, 7) is -0.0740. The van der Waals surface area contributed by atoms with Gasteiger partial charge in [0, 0.05) is 5.56 Å². The molecular formula is C23H22F3N3O3. The summed E-state index contributed by atoms with van der Waals surface area (Å²) < 4.78 is 38.6. The van der Waals surface area contributed by atoms with Gasteiger partial charge in [-0.15, -0.1) is 0 Å². The van der Waals surface area contributed by atoms with Crippen LogP contribution < -0.4 is 16.0 Å². The molecule has 32 heavy (non-hydrogen) atoms. The highest BCUT2D eigenvalue weighted by atomic mass is 19.4. The van der Waals surface area contributed by atoms with Gasteiger partial charge in [-0.25, -0.2) is 4.79 Å². The zero-order valence-corrected chi connectivity index (χ0v) is 17.1. The highest BCUT2D eigenvalue weighted by Gasteiger charge is 2.52. The molecule has 4 rings (SSSR count). The summed E-state index contributed by atoms with van der Waals surface area (Å²) in [6, 6.07) is 10.6. The van der Waals surface area contributed by atoms with Crippen molar-refractivity contribution in [2.75, 3.05) is 6.54 Å². The van der Waals surface area contributed by atoms with Crippen LogP contribution in [-0.4, -0.2) is 29.9 Å². The van der Waals surface area contributed by atoms with Crippen molar-refractivity contribution in [2.24, 2.45) is 5.92 Å². The lowest BCUT2D eigenvalue weighted by atomic mass is 9.82. The third-order valence-corrected chi connectivity index (χ3v) is 6.24. The molecule has 0 aromatic heterocycles. The Labute approximate surface area is 182 Å². The molecule has 1 aliphatic heterocycles. The maximum Gasteiger partial charge on any atom is 0.416 e. The van der Waals surface area contributed by atoms with Gasteiger partial charge < -0.3 is 10.6 Å². The van der Waals surface area contributed by atoms with Crippen molar-refractivity contribution >= 4 is 17.8 Å². The van der Waals surface area contributed by atoms with Gasteiger partial charge in [0.15, 0.2) is 0 Å². The lowest BCUT2D eigenvalue weighted by molar-refractivity contribution is -0.137. The van der Waals surface area contributed by atoms with Gasteiger partial charge in [0.1, 0.15) is 5.54 Å². The van der Waals surface area contributed by atoms with E-state index >= 15 is 0 Å². The third-order valence-electron chi connectivity index (χ3n) is 6.24. The van der Waals surface area contributed by atoms with Gasteiger partial charge in [-0.2, -0.15) is 13.2 Å². The summed E-state index contributed by atoms with van der Waals surface area (Å²) in [7, 11) is 0. The molecule has 6 nitrogen and oxygen atoms in total. The molecule has 0 spiro atoms. The Morgan fingerprint density at radius 3 is 2.28 bits per heavy atom. The molecule has 0 radical (unpaired) electrons. The number of amides is 4. The van der Waals surface area contributed by atoms with E-state index in [4.69, 9.17) is 0 Å². The van der Waals surface area contributed by atoms with E-state index < -0.39 is 35.1 Å². The van der Waals surface area contributed by atoms with E-state index in [1.165, 1.54) is 12.1 Å². The number of hydrogen-bond acceptors (Lipinski definition) is 3. The van der Waals surface area contributed by atoms with Crippen molar-refractivity contribution in [3.8, 4) is 11.1 Å². The van der Waals surface area contributed by atoms with E-state index in [1.807, 2.05) is 0 Å². The molecule has 1 atom stereocenters. The summed E-state index contributed by atoms with van der Waals surface area (Å²) in [5, 5.41) is 7.74. The Hall–Kier alpha value is -3.36. The topological polar surface area (TPSA) is 87.3 Å². The van der Waals surface area contributed by atoms with Crippen LogP contribution in [0.5, 0.6) is 0 Å². The summed E-state index contributed by atoms with van der Waals surface area (Å²) in [6.07, 6.45) is -1.02. The van der Waals surface area contributed by atoms with Crippen LogP contribution in [0.25, 0.3) is 11.1 Å². The maximum absolute atomic E-state index is 13.0. The molecule has 0 bridgehead atoms. The van der Waals surface area contributed by atoms with E-state index in [9.17, 15) is 27.6 Å². The summed E-state index contributed by atoms with van der Waals surface area (Å²) >= 11 is 0. The van der Waals surface area contributed by atoms with Gasteiger partial charge in [0.2, 0.25) is 0 Å². The van der Waals surface area contributed by atoms with Gasteiger partial charge in [-0.3, -0.25) is 14.9 Å². The van der Waals surface area contributed by atoms with Crippen LogP contribution in [0.2, 0.25) is 0 Å². The standard InChI is InChI=1S/C23H22F3N3O3/c24-23(25,26)16-11-9-14(10-12-16)17-7-3-4-8-18(17)19(30)27-13-22(15-5-1-2-6-15)20(31)28-21(32)29-22/h3-4,7-12,15H,1-2,5-6,13H2,(H,27,30)(H2,28,29,31,32)/t22-/m0/s1. The summed E-state index contributed by atoms with van der Waals surface area (Å²) in [5.41, 5.74) is -0.787. The van der Waals surface area contributed by atoms with Crippen molar-refractivity contribution in [2.45, 2.75) is 37.4 Å². The SMILES string of the molecule is O=C1NC(=O)[C@](CNC(=O)c2ccccc2-c2ccc(C(F)(F)F)cc2)(C2CCCC2)N1. The number of rotatable bonds is 5. The van der Waals surface area contributed by atoms with Crippen molar-refractivity contribution in [3.05, 3.63) is 59.7 Å². The zero-order valence-electron chi connectivity index (χ0n) is 17.1. The Morgan fingerprint density at radius 1 is 1.03 bits per heavy atom. The quantitative estimate of drug-likeness (QED) is 0.611. The third kappa shape index (κ3) is 4.06. The molecule has 9 heteroatoms. The first-order chi connectivity index (χ1) is 15.2. The van der Waals surface area contributed by atoms with Gasteiger partial charge >= 0.3 is 12.2 Å². The van der Waals surface area contributed by atoms with Crippen LogP contribution in [0.3, 0.4) is 0 Å². The number of urea groups is 1. The fourth-order valence-corrected chi connectivity index (χ4v) is 4.57. The number of benzene rings is 2. The predicted octanol–water partition coefficient (Wildman–Crippen LogP) is 3.87. The van der Waals surface area contributed by atoms with E-state index in [0.29, 0.717) is 11.1 Å². The average Bonchev–Trinajstić information content (AvgIpc) is 3.40. The monoisotopic (exact) mass is 445 g/mol. The first-order valence-corrected chi connectivity index (χ1v) is 10.4. The normalized spacial score (nSPS) is 21.3. The summed E-state index contributed by atoms with van der Waals surface area (Å²) in [5.74, 6) is -1.02. The van der Waals surface area contributed by atoms with Crippen molar-refractivity contribution < 1.29 is 27.6 Å². The van der Waals surface area contributed by atoms with E-state index in [-0.39, 0.29) is 18.0 Å².